The Kier molecular flexibility index (Phi) is 6.07. The first-order valence-electron chi connectivity index (χ1n) is 7.80. The van der Waals surface area contributed by atoms with Gasteiger partial charge in [-0.2, -0.15) is 0 Å². The SMILES string of the molecule is COc1ccc(CC(=O)Nc2ccccc2OC(C)C)cc1OC. The van der Waals surface area contributed by atoms with Crippen LogP contribution < -0.4 is 19.5 Å². The highest BCUT2D eigenvalue weighted by Crippen LogP contribution is 2.28. The number of carbonyl (C=O) groups is 1. The van der Waals surface area contributed by atoms with Crippen LogP contribution in [0.25, 0.3) is 0 Å². The smallest absolute Gasteiger partial charge is 0.228 e. The zero-order valence-electron chi connectivity index (χ0n) is 14.5. The molecule has 1 amide bonds. The van der Waals surface area contributed by atoms with Crippen LogP contribution in [-0.4, -0.2) is 26.2 Å². The lowest BCUT2D eigenvalue weighted by Crippen LogP contribution is -2.16. The molecule has 1 N–H and O–H groups in total. The molecule has 128 valence electrons. The van der Waals surface area contributed by atoms with E-state index in [-0.39, 0.29) is 18.4 Å². The van der Waals surface area contributed by atoms with Crippen molar-refractivity contribution in [2.75, 3.05) is 19.5 Å². The second kappa shape index (κ2) is 8.24. The van der Waals surface area contributed by atoms with E-state index < -0.39 is 0 Å². The van der Waals surface area contributed by atoms with E-state index in [4.69, 9.17) is 14.2 Å². The van der Waals surface area contributed by atoms with E-state index >= 15 is 0 Å². The average Bonchev–Trinajstić information content (AvgIpc) is 2.56. The van der Waals surface area contributed by atoms with Crippen molar-refractivity contribution in [2.24, 2.45) is 0 Å². The first-order valence-corrected chi connectivity index (χ1v) is 7.80. The van der Waals surface area contributed by atoms with E-state index in [2.05, 4.69) is 5.32 Å². The minimum absolute atomic E-state index is 0.0360. The molecule has 0 aromatic heterocycles. The monoisotopic (exact) mass is 329 g/mol. The molecule has 24 heavy (non-hydrogen) atoms. The zero-order chi connectivity index (χ0) is 17.5. The van der Waals surface area contributed by atoms with Crippen LogP contribution in [0.4, 0.5) is 5.69 Å². The standard InChI is InChI=1S/C19H23NO4/c1-13(2)24-16-8-6-5-7-15(16)20-19(21)12-14-9-10-17(22-3)18(11-14)23-4/h5-11,13H,12H2,1-4H3,(H,20,21). The van der Waals surface area contributed by atoms with E-state index in [9.17, 15) is 4.79 Å². The zero-order valence-corrected chi connectivity index (χ0v) is 14.5. The lowest BCUT2D eigenvalue weighted by molar-refractivity contribution is -0.115. The van der Waals surface area contributed by atoms with Crippen molar-refractivity contribution in [3.05, 3.63) is 48.0 Å². The third kappa shape index (κ3) is 4.65. The molecule has 0 saturated carbocycles. The van der Waals surface area contributed by atoms with Gasteiger partial charge in [0.05, 0.1) is 32.4 Å². The first-order chi connectivity index (χ1) is 11.5. The second-order valence-electron chi connectivity index (χ2n) is 5.58. The topological polar surface area (TPSA) is 56.8 Å². The molecule has 0 atom stereocenters. The largest absolute Gasteiger partial charge is 0.493 e. The molecule has 5 nitrogen and oxygen atoms in total. The minimum atomic E-state index is -0.123. The van der Waals surface area contributed by atoms with E-state index in [1.165, 1.54) is 0 Å². The second-order valence-corrected chi connectivity index (χ2v) is 5.58. The van der Waals surface area contributed by atoms with Gasteiger partial charge in [0.1, 0.15) is 5.75 Å². The Morgan fingerprint density at radius 3 is 2.38 bits per heavy atom. The van der Waals surface area contributed by atoms with Crippen LogP contribution in [0.5, 0.6) is 17.2 Å². The molecule has 0 heterocycles. The predicted molar refractivity (Wildman–Crippen MR) is 94.1 cm³/mol. The number of methoxy groups -OCH3 is 2. The molecule has 0 saturated heterocycles. The van der Waals surface area contributed by atoms with E-state index in [0.29, 0.717) is 22.9 Å². The maximum absolute atomic E-state index is 12.3. The fraction of sp³-hybridized carbons (Fsp3) is 0.316. The third-order valence-corrected chi connectivity index (χ3v) is 3.34. The number of hydrogen-bond acceptors (Lipinski definition) is 4. The van der Waals surface area contributed by atoms with Gasteiger partial charge in [0, 0.05) is 0 Å². The highest BCUT2D eigenvalue weighted by molar-refractivity contribution is 5.93. The van der Waals surface area contributed by atoms with Gasteiger partial charge < -0.3 is 19.5 Å². The quantitative estimate of drug-likeness (QED) is 0.842. The molecule has 2 aromatic rings. The molecule has 0 unspecified atom stereocenters. The molecule has 0 aliphatic carbocycles. The Balaban J connectivity index is 2.09. The first kappa shape index (κ1) is 17.7. The van der Waals surface area contributed by atoms with Crippen LogP contribution in [0.1, 0.15) is 19.4 Å². The van der Waals surface area contributed by atoms with Crippen LogP contribution in [0, 0.1) is 0 Å². The maximum atomic E-state index is 12.3. The van der Waals surface area contributed by atoms with Gasteiger partial charge in [0.15, 0.2) is 11.5 Å². The molecule has 2 rings (SSSR count). The Morgan fingerprint density at radius 1 is 1.00 bits per heavy atom. The van der Waals surface area contributed by atoms with Crippen LogP contribution in [0.2, 0.25) is 0 Å². The van der Waals surface area contributed by atoms with Crippen LogP contribution in [-0.2, 0) is 11.2 Å². The van der Waals surface area contributed by atoms with Crippen molar-refractivity contribution in [2.45, 2.75) is 26.4 Å². The number of rotatable bonds is 7. The molecule has 0 radical (unpaired) electrons. The number of para-hydroxylation sites is 2. The Morgan fingerprint density at radius 2 is 1.71 bits per heavy atom. The number of amides is 1. The summed E-state index contributed by atoms with van der Waals surface area (Å²) in [6.45, 7) is 3.89. The Hall–Kier alpha value is -2.69. The summed E-state index contributed by atoms with van der Waals surface area (Å²) in [4.78, 5) is 12.3. The summed E-state index contributed by atoms with van der Waals surface area (Å²) < 4.78 is 16.2. The summed E-state index contributed by atoms with van der Waals surface area (Å²) in [6.07, 6.45) is 0.269. The van der Waals surface area contributed by atoms with Gasteiger partial charge in [0.2, 0.25) is 5.91 Å². The number of benzene rings is 2. The molecular formula is C19H23NO4. The fourth-order valence-electron chi connectivity index (χ4n) is 2.30. The van der Waals surface area contributed by atoms with Gasteiger partial charge in [-0.15, -0.1) is 0 Å². The predicted octanol–water partition coefficient (Wildman–Crippen LogP) is 3.67. The van der Waals surface area contributed by atoms with Gasteiger partial charge in [-0.3, -0.25) is 4.79 Å². The van der Waals surface area contributed by atoms with Crippen molar-refractivity contribution in [3.63, 3.8) is 0 Å². The number of ether oxygens (including phenoxy) is 3. The Bertz CT molecular complexity index is 698. The van der Waals surface area contributed by atoms with Gasteiger partial charge in [-0.05, 0) is 43.7 Å². The van der Waals surface area contributed by atoms with E-state index in [0.717, 1.165) is 5.56 Å². The number of nitrogens with one attached hydrogen (secondary N) is 1. The normalized spacial score (nSPS) is 10.4. The van der Waals surface area contributed by atoms with Gasteiger partial charge in [-0.25, -0.2) is 0 Å². The lowest BCUT2D eigenvalue weighted by atomic mass is 10.1. The van der Waals surface area contributed by atoms with Gasteiger partial charge in [0.25, 0.3) is 0 Å². The summed E-state index contributed by atoms with van der Waals surface area (Å²) in [7, 11) is 3.15. The van der Waals surface area contributed by atoms with Gasteiger partial charge >= 0.3 is 0 Å². The maximum Gasteiger partial charge on any atom is 0.228 e. The summed E-state index contributed by atoms with van der Waals surface area (Å²) >= 11 is 0. The third-order valence-electron chi connectivity index (χ3n) is 3.34. The summed E-state index contributed by atoms with van der Waals surface area (Å²) in [5.41, 5.74) is 1.50. The van der Waals surface area contributed by atoms with Crippen molar-refractivity contribution in [1.29, 1.82) is 0 Å². The number of hydrogen-bond donors (Lipinski definition) is 1. The van der Waals surface area contributed by atoms with Crippen molar-refractivity contribution in [3.8, 4) is 17.2 Å². The van der Waals surface area contributed by atoms with E-state index in [1.807, 2.05) is 44.2 Å². The molecular weight excluding hydrogens is 306 g/mol. The summed E-state index contributed by atoms with van der Waals surface area (Å²) in [5.74, 6) is 1.78. The minimum Gasteiger partial charge on any atom is -0.493 e. The van der Waals surface area contributed by atoms with Crippen molar-refractivity contribution < 1.29 is 19.0 Å². The average molecular weight is 329 g/mol. The van der Waals surface area contributed by atoms with Crippen LogP contribution in [0.15, 0.2) is 42.5 Å². The van der Waals surface area contributed by atoms with Crippen molar-refractivity contribution in [1.82, 2.24) is 0 Å². The molecule has 5 heteroatoms. The molecule has 0 bridgehead atoms. The summed E-state index contributed by atoms with van der Waals surface area (Å²) in [6, 6.07) is 12.8. The molecule has 0 aliphatic rings. The molecule has 0 fully saturated rings. The fourth-order valence-corrected chi connectivity index (χ4v) is 2.30. The van der Waals surface area contributed by atoms with Crippen LogP contribution >= 0.6 is 0 Å². The number of anilines is 1. The Labute approximate surface area is 142 Å². The number of carbonyl (C=O) groups excluding carboxylic acids is 1. The van der Waals surface area contributed by atoms with Gasteiger partial charge in [-0.1, -0.05) is 18.2 Å². The van der Waals surface area contributed by atoms with Crippen LogP contribution in [0.3, 0.4) is 0 Å². The highest BCUT2D eigenvalue weighted by atomic mass is 16.5. The van der Waals surface area contributed by atoms with E-state index in [1.54, 1.807) is 26.4 Å². The lowest BCUT2D eigenvalue weighted by Gasteiger charge is -2.15. The molecule has 0 aliphatic heterocycles. The summed E-state index contributed by atoms with van der Waals surface area (Å²) in [5, 5.41) is 2.89. The highest BCUT2D eigenvalue weighted by Gasteiger charge is 2.11. The molecule has 0 spiro atoms. The molecule has 2 aromatic carbocycles. The van der Waals surface area contributed by atoms with Crippen molar-refractivity contribution >= 4 is 11.6 Å².